The molecule has 1 aromatic heterocycles. The molecule has 0 aliphatic carbocycles. The number of aryl methyl sites for hydroxylation is 1. The SMILES string of the molecule is Cc1ncc(CNC(=O)N2CCCC(S(C)(=O)=O)CC2)s1. The van der Waals surface area contributed by atoms with Gasteiger partial charge in [-0.2, -0.15) is 0 Å². The van der Waals surface area contributed by atoms with Crippen LogP contribution in [0.1, 0.15) is 29.1 Å². The third-order valence-corrected chi connectivity index (χ3v) is 6.25. The highest BCUT2D eigenvalue weighted by molar-refractivity contribution is 7.91. The highest BCUT2D eigenvalue weighted by Gasteiger charge is 2.26. The zero-order valence-electron chi connectivity index (χ0n) is 12.3. The van der Waals surface area contributed by atoms with Crippen molar-refractivity contribution in [1.82, 2.24) is 15.2 Å². The van der Waals surface area contributed by atoms with Gasteiger partial charge in [-0.05, 0) is 26.2 Å². The molecule has 1 fully saturated rings. The molecule has 0 spiro atoms. The lowest BCUT2D eigenvalue weighted by Gasteiger charge is -2.20. The molecule has 1 aliphatic rings. The van der Waals surface area contributed by atoms with Crippen LogP contribution in [0.3, 0.4) is 0 Å². The lowest BCUT2D eigenvalue weighted by atomic mass is 10.2. The minimum atomic E-state index is -3.02. The predicted molar refractivity (Wildman–Crippen MR) is 83.1 cm³/mol. The summed E-state index contributed by atoms with van der Waals surface area (Å²) in [7, 11) is -3.02. The van der Waals surface area contributed by atoms with Crippen molar-refractivity contribution in [3.63, 3.8) is 0 Å². The minimum absolute atomic E-state index is 0.129. The highest BCUT2D eigenvalue weighted by Crippen LogP contribution is 2.17. The number of amides is 2. The maximum Gasteiger partial charge on any atom is 0.317 e. The molecule has 1 aromatic rings. The molecule has 8 heteroatoms. The Morgan fingerprint density at radius 1 is 1.48 bits per heavy atom. The zero-order valence-corrected chi connectivity index (χ0v) is 14.0. The van der Waals surface area contributed by atoms with Crippen molar-refractivity contribution in [1.29, 1.82) is 0 Å². The second kappa shape index (κ2) is 6.74. The molecule has 0 radical (unpaired) electrons. The Bertz CT molecular complexity index is 598. The molecule has 1 aliphatic heterocycles. The summed E-state index contributed by atoms with van der Waals surface area (Å²) in [5, 5.41) is 3.53. The molecule has 0 saturated carbocycles. The smallest absolute Gasteiger partial charge is 0.317 e. The lowest BCUT2D eigenvalue weighted by molar-refractivity contribution is 0.199. The van der Waals surface area contributed by atoms with Crippen LogP contribution >= 0.6 is 11.3 Å². The van der Waals surface area contributed by atoms with Gasteiger partial charge in [0.15, 0.2) is 0 Å². The quantitative estimate of drug-likeness (QED) is 0.911. The largest absolute Gasteiger partial charge is 0.333 e. The minimum Gasteiger partial charge on any atom is -0.333 e. The van der Waals surface area contributed by atoms with Gasteiger partial charge in [-0.1, -0.05) is 0 Å². The first-order valence-corrected chi connectivity index (χ1v) is 9.76. The molecule has 118 valence electrons. The van der Waals surface area contributed by atoms with Gasteiger partial charge in [0.25, 0.3) is 0 Å². The molecule has 2 amide bonds. The van der Waals surface area contributed by atoms with Crippen molar-refractivity contribution >= 4 is 27.2 Å². The Labute approximate surface area is 129 Å². The van der Waals surface area contributed by atoms with Crippen molar-refractivity contribution < 1.29 is 13.2 Å². The first kappa shape index (κ1) is 16.2. The number of urea groups is 1. The Morgan fingerprint density at radius 2 is 2.24 bits per heavy atom. The van der Waals surface area contributed by atoms with E-state index in [0.29, 0.717) is 32.5 Å². The van der Waals surface area contributed by atoms with Crippen molar-refractivity contribution in [3.05, 3.63) is 16.1 Å². The fraction of sp³-hybridized carbons (Fsp3) is 0.692. The van der Waals surface area contributed by atoms with Gasteiger partial charge in [-0.15, -0.1) is 11.3 Å². The van der Waals surface area contributed by atoms with Gasteiger partial charge in [0.2, 0.25) is 0 Å². The third kappa shape index (κ3) is 4.67. The van der Waals surface area contributed by atoms with Gasteiger partial charge >= 0.3 is 6.03 Å². The molecule has 2 rings (SSSR count). The lowest BCUT2D eigenvalue weighted by Crippen LogP contribution is -2.40. The molecule has 0 aromatic carbocycles. The summed E-state index contributed by atoms with van der Waals surface area (Å²) >= 11 is 1.56. The summed E-state index contributed by atoms with van der Waals surface area (Å²) in [5.74, 6) is 0. The number of rotatable bonds is 3. The Hall–Kier alpha value is -1.15. The van der Waals surface area contributed by atoms with Gasteiger partial charge in [0.1, 0.15) is 9.84 Å². The van der Waals surface area contributed by atoms with E-state index in [0.717, 1.165) is 16.3 Å². The Morgan fingerprint density at radius 3 is 2.86 bits per heavy atom. The first-order chi connectivity index (χ1) is 9.86. The van der Waals surface area contributed by atoms with Crippen LogP contribution in [-0.2, 0) is 16.4 Å². The monoisotopic (exact) mass is 331 g/mol. The van der Waals surface area contributed by atoms with Crippen molar-refractivity contribution in [2.45, 2.75) is 38.0 Å². The van der Waals surface area contributed by atoms with Crippen molar-refractivity contribution in [2.75, 3.05) is 19.3 Å². The van der Waals surface area contributed by atoms with E-state index in [-0.39, 0.29) is 11.3 Å². The molecule has 2 heterocycles. The third-order valence-electron chi connectivity index (χ3n) is 3.65. The highest BCUT2D eigenvalue weighted by atomic mass is 32.2. The summed E-state index contributed by atoms with van der Waals surface area (Å²) in [4.78, 5) is 19.0. The molecular formula is C13H21N3O3S2. The maximum atomic E-state index is 12.1. The van der Waals surface area contributed by atoms with Crippen LogP contribution in [0, 0.1) is 6.92 Å². The Kier molecular flexibility index (Phi) is 5.21. The second-order valence-electron chi connectivity index (χ2n) is 5.37. The number of nitrogens with zero attached hydrogens (tertiary/aromatic N) is 2. The molecule has 1 atom stereocenters. The first-order valence-electron chi connectivity index (χ1n) is 6.99. The van der Waals surface area contributed by atoms with Gasteiger partial charge in [-0.3, -0.25) is 0 Å². The predicted octanol–water partition coefficient (Wildman–Crippen LogP) is 1.56. The number of aromatic nitrogens is 1. The van der Waals surface area contributed by atoms with Crippen LogP contribution in [0.5, 0.6) is 0 Å². The second-order valence-corrected chi connectivity index (χ2v) is 9.02. The van der Waals surface area contributed by atoms with Gasteiger partial charge in [0.05, 0.1) is 16.8 Å². The van der Waals surface area contributed by atoms with E-state index in [4.69, 9.17) is 0 Å². The van der Waals surface area contributed by atoms with E-state index in [2.05, 4.69) is 10.3 Å². The van der Waals surface area contributed by atoms with Gasteiger partial charge < -0.3 is 10.2 Å². The van der Waals surface area contributed by atoms with E-state index < -0.39 is 9.84 Å². The number of likely N-dealkylation sites (tertiary alicyclic amines) is 1. The summed E-state index contributed by atoms with van der Waals surface area (Å²) in [5.41, 5.74) is 0. The summed E-state index contributed by atoms with van der Waals surface area (Å²) in [6.07, 6.45) is 4.93. The van der Waals surface area contributed by atoms with Crippen molar-refractivity contribution in [3.8, 4) is 0 Å². The molecular weight excluding hydrogens is 310 g/mol. The van der Waals surface area contributed by atoms with Crippen molar-refractivity contribution in [2.24, 2.45) is 0 Å². The normalized spacial score (nSPS) is 20.1. The van der Waals surface area contributed by atoms with Crippen LogP contribution in [0.4, 0.5) is 4.79 Å². The summed E-state index contributed by atoms with van der Waals surface area (Å²) in [6.45, 7) is 3.50. The van der Waals surface area contributed by atoms with Crippen LogP contribution < -0.4 is 5.32 Å². The van der Waals surface area contributed by atoms with Crippen LogP contribution in [0.15, 0.2) is 6.20 Å². The zero-order chi connectivity index (χ0) is 15.5. The van der Waals surface area contributed by atoms with E-state index in [1.54, 1.807) is 22.4 Å². The number of carbonyl (C=O) groups is 1. The summed E-state index contributed by atoms with van der Waals surface area (Å²) < 4.78 is 23.2. The Balaban J connectivity index is 1.85. The fourth-order valence-electron chi connectivity index (χ4n) is 2.46. The number of carbonyl (C=O) groups excluding carboxylic acids is 1. The number of sulfone groups is 1. The average molecular weight is 331 g/mol. The van der Waals surface area contributed by atoms with E-state index >= 15 is 0 Å². The topological polar surface area (TPSA) is 79.4 Å². The maximum absolute atomic E-state index is 12.1. The number of hydrogen-bond donors (Lipinski definition) is 1. The molecule has 21 heavy (non-hydrogen) atoms. The molecule has 0 bridgehead atoms. The number of thiazole rings is 1. The van der Waals surface area contributed by atoms with Gasteiger partial charge in [-0.25, -0.2) is 18.2 Å². The molecule has 1 saturated heterocycles. The standard InChI is InChI=1S/C13H21N3O3S2/c1-10-14-8-11(20-10)9-15-13(17)16-6-3-4-12(5-7-16)21(2,18)19/h8,12H,3-7,9H2,1-2H3,(H,15,17). The van der Waals surface area contributed by atoms with E-state index in [1.807, 2.05) is 6.92 Å². The van der Waals surface area contributed by atoms with Crippen LogP contribution in [0.25, 0.3) is 0 Å². The number of nitrogens with one attached hydrogen (secondary N) is 1. The van der Waals surface area contributed by atoms with Crippen LogP contribution in [-0.4, -0.2) is 48.9 Å². The molecule has 1 N–H and O–H groups in total. The van der Waals surface area contributed by atoms with E-state index in [1.165, 1.54) is 6.26 Å². The molecule has 1 unspecified atom stereocenters. The number of hydrogen-bond acceptors (Lipinski definition) is 5. The van der Waals surface area contributed by atoms with Gasteiger partial charge in [0, 0.05) is 30.4 Å². The van der Waals surface area contributed by atoms with Crippen LogP contribution in [0.2, 0.25) is 0 Å². The average Bonchev–Trinajstić information content (AvgIpc) is 2.66. The van der Waals surface area contributed by atoms with E-state index in [9.17, 15) is 13.2 Å². The molecule has 6 nitrogen and oxygen atoms in total. The summed E-state index contributed by atoms with van der Waals surface area (Å²) in [6, 6.07) is -0.129. The fourth-order valence-corrected chi connectivity index (χ4v) is 4.32.